The Bertz CT molecular complexity index is 648. The van der Waals surface area contributed by atoms with Gasteiger partial charge >= 0.3 is 17.4 Å². The molecule has 0 fully saturated rings. The second-order valence-electron chi connectivity index (χ2n) is 6.60. The highest BCUT2D eigenvalue weighted by Crippen LogP contribution is 2.09. The van der Waals surface area contributed by atoms with E-state index < -0.39 is 39.6 Å². The first-order valence-corrected chi connectivity index (χ1v) is 12.1. The molecular formula is C17H34N4O17S. The zero-order valence-corrected chi connectivity index (χ0v) is 21.5. The van der Waals surface area contributed by atoms with Crippen LogP contribution in [0.5, 0.6) is 0 Å². The molecule has 0 heterocycles. The molecule has 0 aliphatic rings. The number of nitrogens with zero attached hydrogens (tertiary/aromatic N) is 3. The maximum Gasteiger partial charge on any atom is 0.407 e. The minimum absolute atomic E-state index is 0.0185. The van der Waals surface area contributed by atoms with E-state index in [9.17, 15) is 14.4 Å². The van der Waals surface area contributed by atoms with Gasteiger partial charge in [-0.1, -0.05) is 0 Å². The van der Waals surface area contributed by atoms with Crippen molar-refractivity contribution in [3.8, 4) is 0 Å². The van der Waals surface area contributed by atoms with Gasteiger partial charge in [0.2, 0.25) is 0 Å². The number of carbonyl (C=O) groups excluding carboxylic acids is 3. The van der Waals surface area contributed by atoms with E-state index in [0.29, 0.717) is 18.2 Å². The molecule has 0 radical (unpaired) electrons. The Kier molecular flexibility index (Phi) is 23.7. The van der Waals surface area contributed by atoms with Gasteiger partial charge in [-0.25, -0.2) is 24.1 Å². The van der Waals surface area contributed by atoms with Crippen molar-refractivity contribution in [1.82, 2.24) is 21.5 Å². The predicted octanol–water partition coefficient (Wildman–Crippen LogP) is -0.656. The summed E-state index contributed by atoms with van der Waals surface area (Å²) in [5, 5.41) is 50.4. The molecule has 0 spiro atoms. The summed E-state index contributed by atoms with van der Waals surface area (Å²) in [5.74, 6) is -1.15. The van der Waals surface area contributed by atoms with E-state index in [0.717, 1.165) is 0 Å². The molecule has 7 N–H and O–H groups in total. The van der Waals surface area contributed by atoms with Gasteiger partial charge in [0.05, 0.1) is 69.0 Å². The maximum atomic E-state index is 12.4. The molecular weight excluding hydrogens is 564 g/mol. The number of nitrogens with one attached hydrogen (secondary N) is 1. The summed E-state index contributed by atoms with van der Waals surface area (Å²) in [6.07, 6.45) is -0.420. The molecule has 0 aliphatic carbocycles. The molecule has 0 aromatic heterocycles. The fourth-order valence-corrected chi connectivity index (χ4v) is 2.80. The molecule has 1 amide bonds. The molecule has 22 heteroatoms. The predicted molar refractivity (Wildman–Crippen MR) is 118 cm³/mol. The number of amides is 1. The van der Waals surface area contributed by atoms with E-state index in [2.05, 4.69) is 19.8 Å². The fraction of sp³-hybridized carbons (Fsp3) is 0.824. The van der Waals surface area contributed by atoms with Crippen molar-refractivity contribution in [1.29, 1.82) is 0 Å². The molecule has 39 heavy (non-hydrogen) atoms. The van der Waals surface area contributed by atoms with Crippen LogP contribution >= 0.6 is 11.8 Å². The SMILES string of the molecule is O=C(NC(CSC(=O)OCCOCCON(O)O)C(=O)OCCCCON(O)O)OCCOCCON(O)O. The Morgan fingerprint density at radius 2 is 1.10 bits per heavy atom. The smallest absolute Gasteiger partial charge is 0.407 e. The highest BCUT2D eigenvalue weighted by atomic mass is 32.2. The first-order chi connectivity index (χ1) is 18.6. The monoisotopic (exact) mass is 598 g/mol. The van der Waals surface area contributed by atoms with Crippen LogP contribution in [0.4, 0.5) is 9.59 Å². The third-order valence-electron chi connectivity index (χ3n) is 3.71. The fourth-order valence-electron chi connectivity index (χ4n) is 2.11. The highest BCUT2D eigenvalue weighted by Gasteiger charge is 2.25. The van der Waals surface area contributed by atoms with Crippen LogP contribution in [-0.4, -0.2) is 143 Å². The number of carbonyl (C=O) groups is 3. The Labute approximate surface area is 225 Å². The van der Waals surface area contributed by atoms with E-state index in [4.69, 9.17) is 54.9 Å². The lowest BCUT2D eigenvalue weighted by Gasteiger charge is -2.17. The van der Waals surface area contributed by atoms with E-state index in [1.54, 1.807) is 0 Å². The van der Waals surface area contributed by atoms with Gasteiger partial charge in [0, 0.05) is 5.75 Å². The van der Waals surface area contributed by atoms with Crippen LogP contribution in [0.25, 0.3) is 0 Å². The highest BCUT2D eigenvalue weighted by molar-refractivity contribution is 8.13. The standard InChI is InChI=1S/C17H34N4O17S/c22-15(33-3-1-2-4-36-19(25)26)14(18-16(23)34-9-5-31-7-11-37-20(27)28)13-39-17(24)35-10-6-32-8-12-38-21(29)30/h14,25-30H,1-13H2,(H,18,23). The molecule has 0 bridgehead atoms. The topological polar surface area (TPSA) is 268 Å². The van der Waals surface area contributed by atoms with Gasteiger partial charge in [0.1, 0.15) is 19.3 Å². The van der Waals surface area contributed by atoms with Gasteiger partial charge in [-0.05, 0) is 24.6 Å². The molecule has 0 saturated heterocycles. The number of hydrogen-bond acceptors (Lipinski definition) is 21. The van der Waals surface area contributed by atoms with Crippen molar-refractivity contribution >= 4 is 29.1 Å². The lowest BCUT2D eigenvalue weighted by Crippen LogP contribution is -2.44. The van der Waals surface area contributed by atoms with E-state index >= 15 is 0 Å². The van der Waals surface area contributed by atoms with Gasteiger partial charge in [0.15, 0.2) is 0 Å². The van der Waals surface area contributed by atoms with Crippen LogP contribution in [0, 0.1) is 0 Å². The van der Waals surface area contributed by atoms with E-state index in [1.165, 1.54) is 0 Å². The van der Waals surface area contributed by atoms with Crippen LogP contribution in [-0.2, 0) is 43.0 Å². The van der Waals surface area contributed by atoms with Crippen molar-refractivity contribution in [2.75, 3.05) is 71.8 Å². The molecule has 0 saturated carbocycles. The van der Waals surface area contributed by atoms with Crippen molar-refractivity contribution in [2.24, 2.45) is 0 Å². The largest absolute Gasteiger partial charge is 0.464 e. The molecule has 0 aromatic carbocycles. The van der Waals surface area contributed by atoms with Gasteiger partial charge in [-0.2, -0.15) is 0 Å². The quantitative estimate of drug-likeness (QED) is 0.0314. The second kappa shape index (κ2) is 25.0. The number of thioether (sulfide) groups is 1. The third kappa shape index (κ3) is 26.0. The lowest BCUT2D eigenvalue weighted by atomic mass is 10.3. The summed E-state index contributed by atoms with van der Waals surface area (Å²) in [5.41, 5.74) is 0. The number of hydrogen-bond donors (Lipinski definition) is 7. The Morgan fingerprint density at radius 1 is 0.615 bits per heavy atom. The molecule has 230 valence electrons. The molecule has 1 unspecified atom stereocenters. The normalized spacial score (nSPS) is 12.1. The average Bonchev–Trinajstić information content (AvgIpc) is 2.86. The number of rotatable bonds is 24. The molecule has 1 atom stereocenters. The van der Waals surface area contributed by atoms with Crippen molar-refractivity contribution < 1.29 is 83.8 Å². The molecule has 0 aromatic rings. The van der Waals surface area contributed by atoms with Crippen molar-refractivity contribution in [3.05, 3.63) is 0 Å². The average molecular weight is 599 g/mol. The zero-order valence-electron chi connectivity index (χ0n) is 20.7. The van der Waals surface area contributed by atoms with Crippen molar-refractivity contribution in [2.45, 2.75) is 18.9 Å². The third-order valence-corrected chi connectivity index (χ3v) is 4.57. The van der Waals surface area contributed by atoms with Gasteiger partial charge in [-0.3, -0.25) is 36.1 Å². The summed E-state index contributed by atoms with van der Waals surface area (Å²) in [7, 11) is 0. The van der Waals surface area contributed by atoms with E-state index in [-0.39, 0.29) is 78.2 Å². The van der Waals surface area contributed by atoms with Crippen LogP contribution in [0.3, 0.4) is 0 Å². The van der Waals surface area contributed by atoms with Crippen LogP contribution in [0.15, 0.2) is 0 Å². The van der Waals surface area contributed by atoms with Crippen molar-refractivity contribution in [3.63, 3.8) is 0 Å². The van der Waals surface area contributed by atoms with Gasteiger partial charge < -0.3 is 29.0 Å². The molecule has 0 rings (SSSR count). The summed E-state index contributed by atoms with van der Waals surface area (Å²) in [4.78, 5) is 49.3. The van der Waals surface area contributed by atoms with Crippen LogP contribution in [0.2, 0.25) is 0 Å². The molecule has 21 nitrogen and oxygen atoms in total. The summed E-state index contributed by atoms with van der Waals surface area (Å²) >= 11 is 0.568. The first-order valence-electron chi connectivity index (χ1n) is 11.1. The zero-order chi connectivity index (χ0) is 29.3. The Balaban J connectivity index is 4.43. The van der Waals surface area contributed by atoms with Crippen LogP contribution in [0.1, 0.15) is 12.8 Å². The minimum atomic E-state index is -1.31. The van der Waals surface area contributed by atoms with E-state index in [1.807, 2.05) is 0 Å². The summed E-state index contributed by atoms with van der Waals surface area (Å²) in [6.45, 7) is -1.04. The first kappa shape index (κ1) is 37.0. The number of alkyl carbamates (subject to hydrolysis) is 1. The van der Waals surface area contributed by atoms with Crippen LogP contribution < -0.4 is 5.32 Å². The number of unbranched alkanes of at least 4 members (excludes halogenated alkanes) is 1. The lowest BCUT2D eigenvalue weighted by molar-refractivity contribution is -0.493. The van der Waals surface area contributed by atoms with Gasteiger partial charge in [0.25, 0.3) is 0 Å². The Morgan fingerprint density at radius 3 is 1.67 bits per heavy atom. The minimum Gasteiger partial charge on any atom is -0.464 e. The summed E-state index contributed by atoms with van der Waals surface area (Å²) < 4.78 is 24.9. The second-order valence-corrected chi connectivity index (χ2v) is 7.55. The Hall–Kier alpha value is -2.00. The number of esters is 1. The maximum absolute atomic E-state index is 12.4. The number of ether oxygens (including phenoxy) is 5. The molecule has 0 aliphatic heterocycles. The summed E-state index contributed by atoms with van der Waals surface area (Å²) in [6, 6.07) is -1.31. The van der Waals surface area contributed by atoms with Gasteiger partial charge in [-0.15, -0.1) is 0 Å².